The number of benzene rings is 1. The Morgan fingerprint density at radius 2 is 1.95 bits per heavy atom. The van der Waals surface area contributed by atoms with E-state index < -0.39 is 0 Å². The standard InChI is InChI=1S/C35H47FN4O2/c1-8-12-15-28(36)22-30(11-4)42-31-17-16-29(20-26(31)6)38-34(37-18-13-9-2)33-27(7)21-32-35(39-33)40(19-14-10-3)23-25(5)24-41-32/h11-13,15-18,20-22,25H,8-10,14,19,23-24H2,1-7H3,(H,37,38)/b15-12+,18-13+,28-22+,30-11+. The number of unbranched alkanes of at least 4 members (excludes halogenated alkanes) is 1. The van der Waals surface area contributed by atoms with Crippen molar-refractivity contribution in [1.82, 2.24) is 4.98 Å². The molecule has 0 saturated heterocycles. The fourth-order valence-electron chi connectivity index (χ4n) is 4.52. The first-order chi connectivity index (χ1) is 20.3. The maximum atomic E-state index is 14.2. The third-order valence-electron chi connectivity index (χ3n) is 6.81. The van der Waals surface area contributed by atoms with Crippen LogP contribution in [0, 0.1) is 19.8 Å². The van der Waals surface area contributed by atoms with Gasteiger partial charge in [-0.25, -0.2) is 14.4 Å². The number of anilines is 2. The van der Waals surface area contributed by atoms with Crippen molar-refractivity contribution in [2.45, 2.75) is 74.1 Å². The summed E-state index contributed by atoms with van der Waals surface area (Å²) in [5.74, 6) is 3.51. The Morgan fingerprint density at radius 3 is 2.64 bits per heavy atom. The smallest absolute Gasteiger partial charge is 0.172 e. The van der Waals surface area contributed by atoms with Crippen LogP contribution in [0.2, 0.25) is 0 Å². The van der Waals surface area contributed by atoms with Crippen molar-refractivity contribution >= 4 is 17.3 Å². The second kappa shape index (κ2) is 16.5. The molecular formula is C35H47FN4O2. The molecule has 226 valence electrons. The van der Waals surface area contributed by atoms with Crippen molar-refractivity contribution in [3.05, 3.63) is 89.3 Å². The Bertz CT molecular complexity index is 1340. The zero-order chi connectivity index (χ0) is 30.5. The Hall–Kier alpha value is -3.87. The number of aryl methyl sites for hydroxylation is 2. The number of rotatable bonds is 12. The molecule has 1 N–H and O–H groups in total. The molecule has 0 saturated carbocycles. The SMILES string of the molecule is C\C=C(/C=C(F)\C=C\CC)Oc1ccc(NC(=N/C=C/CC)c2nc3c(cc2C)OCC(C)CN3CCCC)cc1C. The molecule has 0 radical (unpaired) electrons. The number of aliphatic imine (C=N–C) groups is 1. The Balaban J connectivity index is 1.94. The van der Waals surface area contributed by atoms with E-state index in [2.05, 4.69) is 37.1 Å². The fourth-order valence-corrected chi connectivity index (χ4v) is 4.52. The number of nitrogens with one attached hydrogen (secondary N) is 1. The topological polar surface area (TPSA) is 59.0 Å². The summed E-state index contributed by atoms with van der Waals surface area (Å²) in [5.41, 5.74) is 3.52. The van der Waals surface area contributed by atoms with Crippen molar-refractivity contribution < 1.29 is 13.9 Å². The van der Waals surface area contributed by atoms with E-state index in [4.69, 9.17) is 19.5 Å². The number of hydrogen-bond donors (Lipinski definition) is 1. The number of nitrogens with zero attached hydrogens (tertiary/aromatic N) is 3. The van der Waals surface area contributed by atoms with Crippen LogP contribution in [0.4, 0.5) is 15.9 Å². The van der Waals surface area contributed by atoms with Gasteiger partial charge in [-0.2, -0.15) is 0 Å². The number of allylic oxidation sites excluding steroid dienone is 6. The van der Waals surface area contributed by atoms with Gasteiger partial charge in [-0.05, 0) is 87.6 Å². The summed E-state index contributed by atoms with van der Waals surface area (Å²) in [7, 11) is 0. The average Bonchev–Trinajstić information content (AvgIpc) is 3.12. The van der Waals surface area contributed by atoms with E-state index in [9.17, 15) is 4.39 Å². The number of halogens is 1. The molecule has 0 fully saturated rings. The quantitative estimate of drug-likeness (QED) is 0.118. The molecule has 2 heterocycles. The first-order valence-corrected chi connectivity index (χ1v) is 15.2. The van der Waals surface area contributed by atoms with Crippen LogP contribution in [0.1, 0.15) is 77.1 Å². The summed E-state index contributed by atoms with van der Waals surface area (Å²) in [6.45, 7) is 16.8. The predicted octanol–water partition coefficient (Wildman–Crippen LogP) is 9.22. The van der Waals surface area contributed by atoms with E-state index in [1.165, 1.54) is 12.2 Å². The molecule has 1 unspecified atom stereocenters. The van der Waals surface area contributed by atoms with Crippen molar-refractivity contribution in [1.29, 1.82) is 0 Å². The lowest BCUT2D eigenvalue weighted by atomic mass is 10.1. The summed E-state index contributed by atoms with van der Waals surface area (Å²) in [4.78, 5) is 12.3. The minimum absolute atomic E-state index is 0.349. The molecule has 42 heavy (non-hydrogen) atoms. The number of amidine groups is 1. The first kappa shape index (κ1) is 32.6. The van der Waals surface area contributed by atoms with Crippen LogP contribution in [0.15, 0.2) is 77.4 Å². The summed E-state index contributed by atoms with van der Waals surface area (Å²) in [6, 6.07) is 7.89. The van der Waals surface area contributed by atoms with Gasteiger partial charge < -0.3 is 19.7 Å². The van der Waals surface area contributed by atoms with Gasteiger partial charge in [0.2, 0.25) is 0 Å². The number of fused-ring (bicyclic) bond motifs is 1. The number of aromatic nitrogens is 1. The van der Waals surface area contributed by atoms with E-state index in [0.29, 0.717) is 29.9 Å². The third-order valence-corrected chi connectivity index (χ3v) is 6.81. The van der Waals surface area contributed by atoms with Gasteiger partial charge in [-0.15, -0.1) is 0 Å². The minimum Gasteiger partial charge on any atom is -0.489 e. The highest BCUT2D eigenvalue weighted by molar-refractivity contribution is 6.08. The molecule has 0 amide bonds. The van der Waals surface area contributed by atoms with Crippen LogP contribution in [-0.4, -0.2) is 30.5 Å². The maximum Gasteiger partial charge on any atom is 0.172 e. The van der Waals surface area contributed by atoms with Crippen LogP contribution in [0.25, 0.3) is 0 Å². The van der Waals surface area contributed by atoms with Gasteiger partial charge >= 0.3 is 0 Å². The zero-order valence-corrected chi connectivity index (χ0v) is 26.3. The normalized spacial score (nSPS) is 16.5. The van der Waals surface area contributed by atoms with Gasteiger partial charge in [-0.1, -0.05) is 46.3 Å². The summed E-state index contributed by atoms with van der Waals surface area (Å²) >= 11 is 0. The summed E-state index contributed by atoms with van der Waals surface area (Å²) < 4.78 is 26.4. The van der Waals surface area contributed by atoms with Gasteiger partial charge in [0.05, 0.1) is 6.61 Å². The van der Waals surface area contributed by atoms with Crippen molar-refractivity contribution in [3.63, 3.8) is 0 Å². The molecule has 1 aliphatic rings. The van der Waals surface area contributed by atoms with Crippen LogP contribution in [-0.2, 0) is 0 Å². The lowest BCUT2D eigenvalue weighted by molar-refractivity contribution is 0.273. The first-order valence-electron chi connectivity index (χ1n) is 15.2. The lowest BCUT2D eigenvalue weighted by Gasteiger charge is -2.25. The molecule has 7 heteroatoms. The van der Waals surface area contributed by atoms with E-state index >= 15 is 0 Å². The molecule has 6 nitrogen and oxygen atoms in total. The molecule has 1 aromatic carbocycles. The summed E-state index contributed by atoms with van der Waals surface area (Å²) in [6.07, 6.45) is 14.1. The Kier molecular flexibility index (Phi) is 12.9. The molecular weight excluding hydrogens is 527 g/mol. The Labute approximate surface area is 251 Å². The largest absolute Gasteiger partial charge is 0.489 e. The van der Waals surface area contributed by atoms with Gasteiger partial charge in [0.25, 0.3) is 0 Å². The molecule has 1 aromatic heterocycles. The van der Waals surface area contributed by atoms with E-state index in [0.717, 1.165) is 72.8 Å². The monoisotopic (exact) mass is 574 g/mol. The molecule has 0 aliphatic carbocycles. The number of pyridine rings is 1. The van der Waals surface area contributed by atoms with Crippen molar-refractivity contribution in [3.8, 4) is 11.5 Å². The van der Waals surface area contributed by atoms with Crippen LogP contribution in [0.5, 0.6) is 11.5 Å². The van der Waals surface area contributed by atoms with E-state index in [1.807, 2.05) is 58.2 Å². The molecule has 3 rings (SSSR count). The van der Waals surface area contributed by atoms with E-state index in [-0.39, 0.29) is 5.83 Å². The van der Waals surface area contributed by atoms with Gasteiger partial charge in [-0.3, -0.25) is 0 Å². The second-order valence-corrected chi connectivity index (χ2v) is 10.7. The maximum absolute atomic E-state index is 14.2. The van der Waals surface area contributed by atoms with Crippen molar-refractivity contribution in [2.24, 2.45) is 10.9 Å². The number of ether oxygens (including phenoxy) is 2. The van der Waals surface area contributed by atoms with Gasteiger partial charge in [0, 0.05) is 37.0 Å². The van der Waals surface area contributed by atoms with Gasteiger partial charge in [0.15, 0.2) is 17.4 Å². The Morgan fingerprint density at radius 1 is 1.17 bits per heavy atom. The minimum atomic E-state index is -0.349. The highest BCUT2D eigenvalue weighted by atomic mass is 19.1. The summed E-state index contributed by atoms with van der Waals surface area (Å²) in [5, 5.41) is 3.50. The molecule has 0 bridgehead atoms. The highest BCUT2D eigenvalue weighted by Crippen LogP contribution is 2.33. The zero-order valence-electron chi connectivity index (χ0n) is 26.3. The third kappa shape index (κ3) is 9.33. The molecule has 2 aromatic rings. The van der Waals surface area contributed by atoms with Crippen molar-refractivity contribution in [2.75, 3.05) is 29.9 Å². The van der Waals surface area contributed by atoms with E-state index in [1.54, 1.807) is 12.2 Å². The van der Waals surface area contributed by atoms with Crippen LogP contribution in [0.3, 0.4) is 0 Å². The lowest BCUT2D eigenvalue weighted by Crippen LogP contribution is -2.30. The van der Waals surface area contributed by atoms with Crippen LogP contribution < -0.4 is 19.7 Å². The van der Waals surface area contributed by atoms with Crippen LogP contribution >= 0.6 is 0 Å². The molecule has 1 aliphatic heterocycles. The average molecular weight is 575 g/mol. The fraction of sp³-hybridized carbons (Fsp3) is 0.429. The highest BCUT2D eigenvalue weighted by Gasteiger charge is 2.24. The molecule has 1 atom stereocenters. The number of hydrogen-bond acceptors (Lipinski definition) is 5. The second-order valence-electron chi connectivity index (χ2n) is 10.7. The van der Waals surface area contributed by atoms with Gasteiger partial charge in [0.1, 0.15) is 23.0 Å². The molecule has 0 spiro atoms. The predicted molar refractivity (Wildman–Crippen MR) is 175 cm³/mol.